The first-order valence-corrected chi connectivity index (χ1v) is 6.11. The van der Waals surface area contributed by atoms with Gasteiger partial charge < -0.3 is 11.1 Å². The number of nitrogen functional groups attached to an aromatic ring is 1. The van der Waals surface area contributed by atoms with Crippen LogP contribution in [0.3, 0.4) is 0 Å². The molecule has 0 aliphatic rings. The SMILES string of the molecule is CCCC(CC)NC(=O)c1cc(C)nc(N)c1. The Morgan fingerprint density at radius 3 is 2.71 bits per heavy atom. The smallest absolute Gasteiger partial charge is 0.251 e. The number of aryl methyl sites for hydroxylation is 1. The van der Waals surface area contributed by atoms with Gasteiger partial charge in [0.1, 0.15) is 5.82 Å². The van der Waals surface area contributed by atoms with Crippen LogP contribution >= 0.6 is 0 Å². The van der Waals surface area contributed by atoms with E-state index in [1.807, 2.05) is 6.92 Å². The minimum atomic E-state index is -0.0671. The van der Waals surface area contributed by atoms with Crippen molar-refractivity contribution < 1.29 is 4.79 Å². The van der Waals surface area contributed by atoms with Crippen molar-refractivity contribution in [2.45, 2.75) is 46.1 Å². The predicted molar refractivity (Wildman–Crippen MR) is 69.8 cm³/mol. The lowest BCUT2D eigenvalue weighted by molar-refractivity contribution is 0.0933. The second kappa shape index (κ2) is 6.23. The molecule has 0 aromatic carbocycles. The number of aromatic nitrogens is 1. The van der Waals surface area contributed by atoms with Crippen LogP contribution in [0.15, 0.2) is 12.1 Å². The molecule has 1 heterocycles. The first-order valence-electron chi connectivity index (χ1n) is 6.11. The average Bonchev–Trinajstić information content (AvgIpc) is 2.27. The molecule has 0 saturated carbocycles. The van der Waals surface area contributed by atoms with Gasteiger partial charge in [0.2, 0.25) is 0 Å². The van der Waals surface area contributed by atoms with Crippen molar-refractivity contribution in [3.05, 3.63) is 23.4 Å². The van der Waals surface area contributed by atoms with Gasteiger partial charge in [-0.05, 0) is 31.9 Å². The van der Waals surface area contributed by atoms with Gasteiger partial charge in [-0.25, -0.2) is 4.98 Å². The highest BCUT2D eigenvalue weighted by molar-refractivity contribution is 5.95. The molecule has 0 radical (unpaired) electrons. The van der Waals surface area contributed by atoms with Gasteiger partial charge in [0.15, 0.2) is 0 Å². The van der Waals surface area contributed by atoms with Crippen LogP contribution in [-0.2, 0) is 0 Å². The molecular weight excluding hydrogens is 214 g/mol. The predicted octanol–water partition coefficient (Wildman–Crippen LogP) is 2.28. The van der Waals surface area contributed by atoms with Crippen molar-refractivity contribution in [1.29, 1.82) is 0 Å². The van der Waals surface area contributed by atoms with Crippen LogP contribution < -0.4 is 11.1 Å². The van der Waals surface area contributed by atoms with Gasteiger partial charge in [-0.3, -0.25) is 4.79 Å². The molecule has 1 unspecified atom stereocenters. The van der Waals surface area contributed by atoms with Gasteiger partial charge in [-0.1, -0.05) is 20.3 Å². The standard InChI is InChI=1S/C13H21N3O/c1-4-6-11(5-2)16-13(17)10-7-9(3)15-12(14)8-10/h7-8,11H,4-6H2,1-3H3,(H2,14,15)(H,16,17). The first kappa shape index (κ1) is 13.5. The van der Waals surface area contributed by atoms with E-state index in [0.717, 1.165) is 25.0 Å². The Morgan fingerprint density at radius 2 is 2.18 bits per heavy atom. The molecule has 0 aliphatic carbocycles. The molecule has 1 atom stereocenters. The third kappa shape index (κ3) is 4.06. The molecule has 3 N–H and O–H groups in total. The quantitative estimate of drug-likeness (QED) is 0.822. The van der Waals surface area contributed by atoms with E-state index in [1.54, 1.807) is 12.1 Å². The zero-order chi connectivity index (χ0) is 12.8. The summed E-state index contributed by atoms with van der Waals surface area (Å²) >= 11 is 0. The molecule has 0 aliphatic heterocycles. The summed E-state index contributed by atoms with van der Waals surface area (Å²) in [6.07, 6.45) is 3.01. The zero-order valence-corrected chi connectivity index (χ0v) is 10.8. The minimum Gasteiger partial charge on any atom is -0.384 e. The molecule has 0 fully saturated rings. The van der Waals surface area contributed by atoms with Crippen LogP contribution in [0, 0.1) is 6.92 Å². The Kier molecular flexibility index (Phi) is 4.94. The van der Waals surface area contributed by atoms with Gasteiger partial charge in [0.05, 0.1) is 0 Å². The Hall–Kier alpha value is -1.58. The highest BCUT2D eigenvalue weighted by atomic mass is 16.1. The third-order valence-electron chi connectivity index (χ3n) is 2.70. The number of carbonyl (C=O) groups is 1. The summed E-state index contributed by atoms with van der Waals surface area (Å²) in [5.74, 6) is 0.321. The Balaban J connectivity index is 2.75. The lowest BCUT2D eigenvalue weighted by atomic mass is 10.1. The van der Waals surface area contributed by atoms with Crippen LogP contribution in [0.4, 0.5) is 5.82 Å². The highest BCUT2D eigenvalue weighted by Crippen LogP contribution is 2.09. The maximum absolute atomic E-state index is 12.0. The fourth-order valence-corrected chi connectivity index (χ4v) is 1.82. The summed E-state index contributed by atoms with van der Waals surface area (Å²) in [7, 11) is 0. The number of hydrogen-bond donors (Lipinski definition) is 2. The topological polar surface area (TPSA) is 68.0 Å². The molecular formula is C13H21N3O. The van der Waals surface area contributed by atoms with E-state index in [2.05, 4.69) is 24.1 Å². The average molecular weight is 235 g/mol. The number of nitrogens with two attached hydrogens (primary N) is 1. The molecule has 4 nitrogen and oxygen atoms in total. The minimum absolute atomic E-state index is 0.0671. The summed E-state index contributed by atoms with van der Waals surface area (Å²) in [6.45, 7) is 6.02. The van der Waals surface area contributed by atoms with Gasteiger partial charge in [0.25, 0.3) is 5.91 Å². The van der Waals surface area contributed by atoms with E-state index < -0.39 is 0 Å². The molecule has 1 aromatic heterocycles. The number of nitrogens with one attached hydrogen (secondary N) is 1. The molecule has 1 rings (SSSR count). The van der Waals surface area contributed by atoms with E-state index in [1.165, 1.54) is 0 Å². The van der Waals surface area contributed by atoms with E-state index >= 15 is 0 Å². The van der Waals surface area contributed by atoms with Crippen LogP contribution in [0.2, 0.25) is 0 Å². The van der Waals surface area contributed by atoms with Gasteiger partial charge >= 0.3 is 0 Å². The first-order chi connectivity index (χ1) is 8.06. The van der Waals surface area contributed by atoms with Crippen molar-refractivity contribution in [1.82, 2.24) is 10.3 Å². The fraction of sp³-hybridized carbons (Fsp3) is 0.538. The number of amides is 1. The number of carbonyl (C=O) groups excluding carboxylic acids is 1. The number of nitrogens with zero attached hydrogens (tertiary/aromatic N) is 1. The summed E-state index contributed by atoms with van der Waals surface area (Å²) in [5.41, 5.74) is 6.98. The van der Waals surface area contributed by atoms with E-state index in [9.17, 15) is 4.79 Å². The maximum Gasteiger partial charge on any atom is 0.251 e. The molecule has 0 bridgehead atoms. The van der Waals surface area contributed by atoms with Gasteiger partial charge in [-0.2, -0.15) is 0 Å². The van der Waals surface area contributed by atoms with Gasteiger partial charge in [0, 0.05) is 17.3 Å². The van der Waals surface area contributed by atoms with Crippen molar-refractivity contribution in [3.8, 4) is 0 Å². The van der Waals surface area contributed by atoms with E-state index in [4.69, 9.17) is 5.73 Å². The molecule has 17 heavy (non-hydrogen) atoms. The lowest BCUT2D eigenvalue weighted by Gasteiger charge is -2.16. The monoisotopic (exact) mass is 235 g/mol. The molecule has 94 valence electrons. The number of rotatable bonds is 5. The number of pyridine rings is 1. The molecule has 0 spiro atoms. The molecule has 4 heteroatoms. The van der Waals surface area contributed by atoms with Crippen LogP contribution in [0.1, 0.15) is 49.2 Å². The molecule has 1 amide bonds. The second-order valence-corrected chi connectivity index (χ2v) is 4.29. The zero-order valence-electron chi connectivity index (χ0n) is 10.8. The van der Waals surface area contributed by atoms with Crippen molar-refractivity contribution in [2.75, 3.05) is 5.73 Å². The molecule has 1 aromatic rings. The molecule has 0 saturated heterocycles. The van der Waals surface area contributed by atoms with Crippen molar-refractivity contribution in [3.63, 3.8) is 0 Å². The highest BCUT2D eigenvalue weighted by Gasteiger charge is 2.12. The van der Waals surface area contributed by atoms with E-state index in [0.29, 0.717) is 11.4 Å². The fourth-order valence-electron chi connectivity index (χ4n) is 1.82. The summed E-state index contributed by atoms with van der Waals surface area (Å²) in [5, 5.41) is 3.02. The van der Waals surface area contributed by atoms with Crippen molar-refractivity contribution in [2.24, 2.45) is 0 Å². The normalized spacial score (nSPS) is 12.2. The Labute approximate surface area is 103 Å². The van der Waals surface area contributed by atoms with Crippen LogP contribution in [0.25, 0.3) is 0 Å². The lowest BCUT2D eigenvalue weighted by Crippen LogP contribution is -2.34. The van der Waals surface area contributed by atoms with E-state index in [-0.39, 0.29) is 11.9 Å². The second-order valence-electron chi connectivity index (χ2n) is 4.29. The summed E-state index contributed by atoms with van der Waals surface area (Å²) in [6, 6.07) is 3.60. The third-order valence-corrected chi connectivity index (χ3v) is 2.70. The Bertz CT molecular complexity index is 370. The van der Waals surface area contributed by atoms with Gasteiger partial charge in [-0.15, -0.1) is 0 Å². The largest absolute Gasteiger partial charge is 0.384 e. The van der Waals surface area contributed by atoms with Crippen LogP contribution in [-0.4, -0.2) is 16.9 Å². The number of anilines is 1. The van der Waals surface area contributed by atoms with Crippen LogP contribution in [0.5, 0.6) is 0 Å². The Morgan fingerprint density at radius 1 is 1.47 bits per heavy atom. The van der Waals surface area contributed by atoms with Crippen molar-refractivity contribution >= 4 is 11.7 Å². The summed E-state index contributed by atoms with van der Waals surface area (Å²) in [4.78, 5) is 16.0. The maximum atomic E-state index is 12.0. The summed E-state index contributed by atoms with van der Waals surface area (Å²) < 4.78 is 0. The number of hydrogen-bond acceptors (Lipinski definition) is 3.